The molecule has 6 nitrogen and oxygen atoms in total. The van der Waals surface area contributed by atoms with Crippen LogP contribution in [0, 0.1) is 11.8 Å². The van der Waals surface area contributed by atoms with E-state index in [0.29, 0.717) is 31.5 Å². The minimum atomic E-state index is -1.02. The molecule has 136 valence electrons. The summed E-state index contributed by atoms with van der Waals surface area (Å²) in [6, 6.07) is 8.10. The number of aliphatic carboxylic acids is 1. The molecule has 1 fully saturated rings. The standard InChI is InChI=1S/C19H26N2O4/c1-3-13(2)16(19(24)25)20-17(22)15-10-7-11-21(12-15)18(23)14-8-5-4-6-9-14/h4-6,8-9,13,15-16H,3,7,10-12H2,1-2H3,(H,20,22)(H,24,25)/t13-,15?,16-/m0/s1. The van der Waals surface area contributed by atoms with Gasteiger partial charge in [0.2, 0.25) is 5.91 Å². The van der Waals surface area contributed by atoms with E-state index >= 15 is 0 Å². The molecule has 0 aromatic heterocycles. The van der Waals surface area contributed by atoms with Crippen LogP contribution in [0.1, 0.15) is 43.5 Å². The first-order valence-corrected chi connectivity index (χ1v) is 8.81. The van der Waals surface area contributed by atoms with Crippen LogP contribution in [0.5, 0.6) is 0 Å². The van der Waals surface area contributed by atoms with Gasteiger partial charge in [-0.15, -0.1) is 0 Å². The molecule has 0 radical (unpaired) electrons. The van der Waals surface area contributed by atoms with Crippen LogP contribution in [-0.2, 0) is 9.59 Å². The quantitative estimate of drug-likeness (QED) is 0.826. The van der Waals surface area contributed by atoms with Crippen molar-refractivity contribution >= 4 is 17.8 Å². The molecule has 0 bridgehead atoms. The summed E-state index contributed by atoms with van der Waals surface area (Å²) in [6.07, 6.45) is 2.06. The maximum atomic E-state index is 12.6. The maximum Gasteiger partial charge on any atom is 0.326 e. The smallest absolute Gasteiger partial charge is 0.326 e. The van der Waals surface area contributed by atoms with Crippen LogP contribution in [-0.4, -0.2) is 46.9 Å². The summed E-state index contributed by atoms with van der Waals surface area (Å²) in [7, 11) is 0. The van der Waals surface area contributed by atoms with Crippen LogP contribution in [0.4, 0.5) is 0 Å². The molecule has 1 heterocycles. The van der Waals surface area contributed by atoms with Gasteiger partial charge in [-0.1, -0.05) is 38.5 Å². The lowest BCUT2D eigenvalue weighted by molar-refractivity contribution is -0.144. The molecule has 1 aliphatic rings. The second-order valence-corrected chi connectivity index (χ2v) is 6.67. The van der Waals surface area contributed by atoms with Gasteiger partial charge in [0.05, 0.1) is 5.92 Å². The molecule has 1 saturated heterocycles. The number of carboxylic acid groups (broad SMARTS) is 1. The number of amides is 2. The number of hydrogen-bond acceptors (Lipinski definition) is 3. The molecule has 0 spiro atoms. The molecule has 6 heteroatoms. The zero-order valence-corrected chi connectivity index (χ0v) is 14.8. The highest BCUT2D eigenvalue weighted by molar-refractivity contribution is 5.94. The molecule has 3 atom stereocenters. The second-order valence-electron chi connectivity index (χ2n) is 6.67. The van der Waals surface area contributed by atoms with Gasteiger partial charge in [-0.25, -0.2) is 4.79 Å². The summed E-state index contributed by atoms with van der Waals surface area (Å²) in [4.78, 5) is 38.2. The Morgan fingerprint density at radius 3 is 2.56 bits per heavy atom. The van der Waals surface area contributed by atoms with E-state index in [2.05, 4.69) is 5.32 Å². The van der Waals surface area contributed by atoms with E-state index in [-0.39, 0.29) is 23.7 Å². The number of nitrogens with zero attached hydrogens (tertiary/aromatic N) is 1. The van der Waals surface area contributed by atoms with Crippen molar-refractivity contribution in [1.29, 1.82) is 0 Å². The fourth-order valence-electron chi connectivity index (χ4n) is 3.09. The van der Waals surface area contributed by atoms with E-state index in [1.807, 2.05) is 32.0 Å². The summed E-state index contributed by atoms with van der Waals surface area (Å²) in [5.74, 6) is -1.90. The van der Waals surface area contributed by atoms with Gasteiger partial charge < -0.3 is 15.3 Å². The van der Waals surface area contributed by atoms with Gasteiger partial charge >= 0.3 is 5.97 Å². The van der Waals surface area contributed by atoms with Crippen LogP contribution >= 0.6 is 0 Å². The number of hydrogen-bond donors (Lipinski definition) is 2. The van der Waals surface area contributed by atoms with Crippen molar-refractivity contribution in [3.8, 4) is 0 Å². The van der Waals surface area contributed by atoms with Crippen molar-refractivity contribution in [2.45, 2.75) is 39.2 Å². The summed E-state index contributed by atoms with van der Waals surface area (Å²) < 4.78 is 0. The largest absolute Gasteiger partial charge is 0.480 e. The molecule has 0 saturated carbocycles. The van der Waals surface area contributed by atoms with Gasteiger partial charge in [0.25, 0.3) is 5.91 Å². The van der Waals surface area contributed by atoms with Gasteiger partial charge in [-0.3, -0.25) is 9.59 Å². The van der Waals surface area contributed by atoms with Gasteiger partial charge in [-0.2, -0.15) is 0 Å². The normalized spacial score (nSPS) is 19.8. The number of carboxylic acids is 1. The van der Waals surface area contributed by atoms with Crippen molar-refractivity contribution in [2.75, 3.05) is 13.1 Å². The second kappa shape index (κ2) is 8.65. The highest BCUT2D eigenvalue weighted by Gasteiger charge is 2.32. The molecule has 1 aromatic carbocycles. The van der Waals surface area contributed by atoms with Gasteiger partial charge in [0.1, 0.15) is 6.04 Å². The molecule has 1 unspecified atom stereocenters. The topological polar surface area (TPSA) is 86.7 Å². The average Bonchev–Trinajstić information content (AvgIpc) is 2.65. The van der Waals surface area contributed by atoms with E-state index in [1.54, 1.807) is 17.0 Å². The summed E-state index contributed by atoms with van der Waals surface area (Å²) in [5.41, 5.74) is 0.603. The lowest BCUT2D eigenvalue weighted by Crippen LogP contribution is -2.51. The number of likely N-dealkylation sites (tertiary alicyclic amines) is 1. The van der Waals surface area contributed by atoms with Crippen LogP contribution in [0.15, 0.2) is 30.3 Å². The molecule has 0 aliphatic carbocycles. The van der Waals surface area contributed by atoms with E-state index in [4.69, 9.17) is 0 Å². The molecule has 25 heavy (non-hydrogen) atoms. The van der Waals surface area contributed by atoms with Crippen molar-refractivity contribution < 1.29 is 19.5 Å². The number of nitrogens with one attached hydrogen (secondary N) is 1. The monoisotopic (exact) mass is 346 g/mol. The zero-order valence-electron chi connectivity index (χ0n) is 14.8. The SMILES string of the molecule is CC[C@H](C)[C@H](NC(=O)C1CCCN(C(=O)c2ccccc2)C1)C(=O)O. The Balaban J connectivity index is 2.01. The number of benzene rings is 1. The first-order chi connectivity index (χ1) is 11.9. The lowest BCUT2D eigenvalue weighted by Gasteiger charge is -2.33. The molecule has 2 amide bonds. The first kappa shape index (κ1) is 19.0. The van der Waals surface area contributed by atoms with Crippen molar-refractivity contribution in [2.24, 2.45) is 11.8 Å². The van der Waals surface area contributed by atoms with Gasteiger partial charge in [0, 0.05) is 18.7 Å². The molecule has 2 N–H and O–H groups in total. The fourth-order valence-corrected chi connectivity index (χ4v) is 3.09. The summed E-state index contributed by atoms with van der Waals surface area (Å²) in [6.45, 7) is 4.65. The molecule has 1 aliphatic heterocycles. The Bertz CT molecular complexity index is 617. The highest BCUT2D eigenvalue weighted by Crippen LogP contribution is 2.20. The average molecular weight is 346 g/mol. The number of rotatable bonds is 6. The molecule has 1 aromatic rings. The molecule has 2 rings (SSSR count). The Labute approximate surface area is 148 Å². The van der Waals surface area contributed by atoms with Crippen LogP contribution in [0.25, 0.3) is 0 Å². The molecular formula is C19H26N2O4. The third-order valence-corrected chi connectivity index (χ3v) is 4.88. The van der Waals surface area contributed by atoms with Crippen molar-refractivity contribution in [3.05, 3.63) is 35.9 Å². The van der Waals surface area contributed by atoms with Gasteiger partial charge in [0.15, 0.2) is 0 Å². The van der Waals surface area contributed by atoms with Crippen molar-refractivity contribution in [1.82, 2.24) is 10.2 Å². The first-order valence-electron chi connectivity index (χ1n) is 8.81. The minimum Gasteiger partial charge on any atom is -0.480 e. The fraction of sp³-hybridized carbons (Fsp3) is 0.526. The Morgan fingerprint density at radius 2 is 1.96 bits per heavy atom. The maximum absolute atomic E-state index is 12.6. The summed E-state index contributed by atoms with van der Waals surface area (Å²) >= 11 is 0. The molecular weight excluding hydrogens is 320 g/mol. The van der Waals surface area contributed by atoms with E-state index in [0.717, 1.165) is 6.42 Å². The van der Waals surface area contributed by atoms with Crippen LogP contribution in [0.3, 0.4) is 0 Å². The third-order valence-electron chi connectivity index (χ3n) is 4.88. The predicted octanol–water partition coefficient (Wildman–Crippen LogP) is 2.15. The van der Waals surface area contributed by atoms with Crippen molar-refractivity contribution in [3.63, 3.8) is 0 Å². The van der Waals surface area contributed by atoms with E-state index in [9.17, 15) is 19.5 Å². The van der Waals surface area contributed by atoms with Crippen LogP contribution in [0.2, 0.25) is 0 Å². The zero-order chi connectivity index (χ0) is 18.4. The Kier molecular flexibility index (Phi) is 6.56. The van der Waals surface area contributed by atoms with E-state index in [1.165, 1.54) is 0 Å². The van der Waals surface area contributed by atoms with E-state index < -0.39 is 12.0 Å². The predicted molar refractivity (Wildman–Crippen MR) is 94.1 cm³/mol. The number of carbonyl (C=O) groups is 3. The number of carbonyl (C=O) groups excluding carboxylic acids is 2. The summed E-state index contributed by atoms with van der Waals surface area (Å²) in [5, 5.41) is 12.0. The Hall–Kier alpha value is -2.37. The number of piperidine rings is 1. The lowest BCUT2D eigenvalue weighted by atomic mass is 9.94. The minimum absolute atomic E-state index is 0.0881. The van der Waals surface area contributed by atoms with Crippen LogP contribution < -0.4 is 5.32 Å². The highest BCUT2D eigenvalue weighted by atomic mass is 16.4. The third kappa shape index (κ3) is 4.81. The van der Waals surface area contributed by atoms with Gasteiger partial charge in [-0.05, 0) is 30.9 Å². The Morgan fingerprint density at radius 1 is 1.28 bits per heavy atom.